The minimum absolute atomic E-state index is 0.0860. The number of aryl methyl sites for hydroxylation is 1. The van der Waals surface area contributed by atoms with Crippen LogP contribution in [-0.2, 0) is 32.5 Å². The molecule has 2 aliphatic rings. The van der Waals surface area contributed by atoms with Crippen molar-refractivity contribution in [2.75, 3.05) is 59.6 Å². The molecule has 2 saturated heterocycles. The number of hydrogen-bond acceptors (Lipinski definition) is 6. The Bertz CT molecular complexity index is 1060. The average Bonchev–Trinajstić information content (AvgIpc) is 2.88. The SMILES string of the molecule is COc1ccc(S(=O)(=O)N2CCOCC2)cc1CCC(=O)N1CCN(Cc2ccccc2)CC1. The van der Waals surface area contributed by atoms with Gasteiger partial charge in [-0.1, -0.05) is 30.3 Å². The van der Waals surface area contributed by atoms with Gasteiger partial charge in [0.2, 0.25) is 15.9 Å². The van der Waals surface area contributed by atoms with Crippen LogP contribution in [0.5, 0.6) is 5.75 Å². The average molecular weight is 488 g/mol. The van der Waals surface area contributed by atoms with E-state index in [1.165, 1.54) is 9.87 Å². The van der Waals surface area contributed by atoms with Gasteiger partial charge in [-0.3, -0.25) is 9.69 Å². The lowest BCUT2D eigenvalue weighted by molar-refractivity contribution is -0.133. The number of nitrogens with zero attached hydrogens (tertiary/aromatic N) is 3. The number of piperazine rings is 1. The lowest BCUT2D eigenvalue weighted by Gasteiger charge is -2.35. The van der Waals surface area contributed by atoms with Crippen molar-refractivity contribution < 1.29 is 22.7 Å². The van der Waals surface area contributed by atoms with Crippen LogP contribution in [0, 0.1) is 0 Å². The third-order valence-corrected chi connectivity index (χ3v) is 8.34. The summed E-state index contributed by atoms with van der Waals surface area (Å²) in [6.45, 7) is 5.48. The van der Waals surface area contributed by atoms with E-state index in [2.05, 4.69) is 17.0 Å². The van der Waals surface area contributed by atoms with Crippen molar-refractivity contribution in [1.29, 1.82) is 0 Å². The Morgan fingerprint density at radius 1 is 0.971 bits per heavy atom. The Balaban J connectivity index is 1.34. The molecule has 2 aliphatic heterocycles. The lowest BCUT2D eigenvalue weighted by atomic mass is 10.1. The first-order valence-corrected chi connectivity index (χ1v) is 13.2. The van der Waals surface area contributed by atoms with Gasteiger partial charge in [0, 0.05) is 52.2 Å². The molecule has 4 rings (SSSR count). The van der Waals surface area contributed by atoms with Gasteiger partial charge in [0.1, 0.15) is 5.75 Å². The summed E-state index contributed by atoms with van der Waals surface area (Å²) >= 11 is 0. The summed E-state index contributed by atoms with van der Waals surface area (Å²) in [7, 11) is -2.05. The molecule has 8 nitrogen and oxygen atoms in total. The predicted octanol–water partition coefficient (Wildman–Crippen LogP) is 1.99. The molecule has 0 bridgehead atoms. The van der Waals surface area contributed by atoms with Crippen LogP contribution in [0.4, 0.5) is 0 Å². The molecule has 0 radical (unpaired) electrons. The fourth-order valence-corrected chi connectivity index (χ4v) is 5.90. The standard InChI is InChI=1S/C25H33N3O5S/c1-32-24-9-8-23(34(30,31)28-15-17-33-18-16-28)19-22(24)7-10-25(29)27-13-11-26(12-14-27)20-21-5-3-2-4-6-21/h2-6,8-9,19H,7,10-18,20H2,1H3. The van der Waals surface area contributed by atoms with E-state index in [1.54, 1.807) is 25.3 Å². The van der Waals surface area contributed by atoms with E-state index in [-0.39, 0.29) is 10.8 Å². The molecule has 0 saturated carbocycles. The number of morpholine rings is 1. The number of methoxy groups -OCH3 is 1. The minimum Gasteiger partial charge on any atom is -0.496 e. The van der Waals surface area contributed by atoms with Crippen LogP contribution >= 0.6 is 0 Å². The third kappa shape index (κ3) is 5.96. The van der Waals surface area contributed by atoms with Gasteiger partial charge in [-0.2, -0.15) is 4.31 Å². The lowest BCUT2D eigenvalue weighted by Crippen LogP contribution is -2.48. The highest BCUT2D eigenvalue weighted by Crippen LogP contribution is 2.26. The molecule has 0 unspecified atom stereocenters. The summed E-state index contributed by atoms with van der Waals surface area (Å²) < 4.78 is 38.2. The zero-order valence-corrected chi connectivity index (χ0v) is 20.5. The summed E-state index contributed by atoms with van der Waals surface area (Å²) in [5, 5.41) is 0. The topological polar surface area (TPSA) is 79.4 Å². The van der Waals surface area contributed by atoms with E-state index in [9.17, 15) is 13.2 Å². The van der Waals surface area contributed by atoms with Crippen LogP contribution in [0.1, 0.15) is 17.5 Å². The van der Waals surface area contributed by atoms with Crippen molar-refractivity contribution >= 4 is 15.9 Å². The van der Waals surface area contributed by atoms with Gasteiger partial charge < -0.3 is 14.4 Å². The van der Waals surface area contributed by atoms with Gasteiger partial charge in [0.25, 0.3) is 0 Å². The molecule has 0 spiro atoms. The maximum Gasteiger partial charge on any atom is 0.243 e. The molecule has 2 heterocycles. The first kappa shape index (κ1) is 24.7. The molecule has 2 aromatic rings. The zero-order valence-electron chi connectivity index (χ0n) is 19.7. The van der Waals surface area contributed by atoms with Crippen LogP contribution in [-0.4, -0.2) is 88.0 Å². The van der Waals surface area contributed by atoms with Crippen LogP contribution in [0.3, 0.4) is 0 Å². The monoisotopic (exact) mass is 487 g/mol. The summed E-state index contributed by atoms with van der Waals surface area (Å²) in [6, 6.07) is 15.2. The number of rotatable bonds is 8. The fourth-order valence-electron chi connectivity index (χ4n) is 4.44. The zero-order chi connectivity index (χ0) is 24.0. The highest BCUT2D eigenvalue weighted by atomic mass is 32.2. The Labute approximate surface area is 202 Å². The smallest absolute Gasteiger partial charge is 0.243 e. The van der Waals surface area contributed by atoms with E-state index < -0.39 is 10.0 Å². The molecule has 1 amide bonds. The predicted molar refractivity (Wildman–Crippen MR) is 129 cm³/mol. The molecule has 2 aromatic carbocycles. The van der Waals surface area contributed by atoms with Crippen LogP contribution < -0.4 is 4.74 Å². The number of ether oxygens (including phenoxy) is 2. The number of carbonyl (C=O) groups is 1. The third-order valence-electron chi connectivity index (χ3n) is 6.44. The van der Waals surface area contributed by atoms with Crippen LogP contribution in [0.25, 0.3) is 0 Å². The Morgan fingerprint density at radius 3 is 2.35 bits per heavy atom. The van der Waals surface area contributed by atoms with Crippen molar-refractivity contribution in [1.82, 2.24) is 14.1 Å². The number of sulfonamides is 1. The second-order valence-electron chi connectivity index (χ2n) is 8.63. The van der Waals surface area contributed by atoms with E-state index in [1.807, 2.05) is 23.1 Å². The molecule has 184 valence electrons. The quantitative estimate of drug-likeness (QED) is 0.567. The summed E-state index contributed by atoms with van der Waals surface area (Å²) in [5.41, 5.74) is 2.01. The second-order valence-corrected chi connectivity index (χ2v) is 10.6. The summed E-state index contributed by atoms with van der Waals surface area (Å²) in [4.78, 5) is 17.4. The summed E-state index contributed by atoms with van der Waals surface area (Å²) in [5.74, 6) is 0.685. The van der Waals surface area contributed by atoms with Crippen molar-refractivity contribution in [3.63, 3.8) is 0 Å². The van der Waals surface area contributed by atoms with Crippen LogP contribution in [0.15, 0.2) is 53.4 Å². The van der Waals surface area contributed by atoms with Crippen LogP contribution in [0.2, 0.25) is 0 Å². The van der Waals surface area contributed by atoms with Gasteiger partial charge in [0.05, 0.1) is 25.2 Å². The molecule has 34 heavy (non-hydrogen) atoms. The molecule has 0 aliphatic carbocycles. The van der Waals surface area contributed by atoms with Crippen molar-refractivity contribution in [3.8, 4) is 5.75 Å². The first-order chi connectivity index (χ1) is 16.5. The van der Waals surface area contributed by atoms with E-state index in [0.717, 1.165) is 25.2 Å². The second kappa shape index (κ2) is 11.3. The van der Waals surface area contributed by atoms with Gasteiger partial charge in [-0.25, -0.2) is 8.42 Å². The van der Waals surface area contributed by atoms with E-state index in [4.69, 9.17) is 9.47 Å². The van der Waals surface area contributed by atoms with Gasteiger partial charge >= 0.3 is 0 Å². The highest BCUT2D eigenvalue weighted by molar-refractivity contribution is 7.89. The van der Waals surface area contributed by atoms with E-state index in [0.29, 0.717) is 58.0 Å². The number of benzene rings is 2. The number of carbonyl (C=O) groups excluding carboxylic acids is 1. The first-order valence-electron chi connectivity index (χ1n) is 11.8. The molecule has 0 atom stereocenters. The molecule has 0 aromatic heterocycles. The molecule has 2 fully saturated rings. The normalized spacial score (nSPS) is 18.1. The van der Waals surface area contributed by atoms with Crippen molar-refractivity contribution in [3.05, 3.63) is 59.7 Å². The number of hydrogen-bond donors (Lipinski definition) is 0. The van der Waals surface area contributed by atoms with Gasteiger partial charge in [-0.05, 0) is 35.7 Å². The van der Waals surface area contributed by atoms with Gasteiger partial charge in [-0.15, -0.1) is 0 Å². The molecular weight excluding hydrogens is 454 g/mol. The molecular formula is C25H33N3O5S. The Hall–Kier alpha value is -2.46. The molecule has 0 N–H and O–H groups in total. The maximum atomic E-state index is 13.0. The fraction of sp³-hybridized carbons (Fsp3) is 0.480. The Kier molecular flexibility index (Phi) is 8.20. The Morgan fingerprint density at radius 2 is 1.68 bits per heavy atom. The minimum atomic E-state index is -3.60. The van der Waals surface area contributed by atoms with E-state index >= 15 is 0 Å². The number of amides is 1. The molecule has 9 heteroatoms. The largest absolute Gasteiger partial charge is 0.496 e. The van der Waals surface area contributed by atoms with Crippen molar-refractivity contribution in [2.45, 2.75) is 24.3 Å². The highest BCUT2D eigenvalue weighted by Gasteiger charge is 2.27. The summed E-state index contributed by atoms with van der Waals surface area (Å²) in [6.07, 6.45) is 0.745. The maximum absolute atomic E-state index is 13.0. The van der Waals surface area contributed by atoms with Gasteiger partial charge in [0.15, 0.2) is 0 Å². The van der Waals surface area contributed by atoms with Crippen molar-refractivity contribution in [2.24, 2.45) is 0 Å².